The van der Waals surface area contributed by atoms with Crippen LogP contribution in [0.25, 0.3) is 0 Å². The van der Waals surface area contributed by atoms with Crippen LogP contribution in [0.4, 0.5) is 0 Å². The molecule has 2 saturated heterocycles. The van der Waals surface area contributed by atoms with Crippen LogP contribution in [0.2, 0.25) is 0 Å². The second kappa shape index (κ2) is 7.36. The minimum Gasteiger partial charge on any atom is -0.340 e. The van der Waals surface area contributed by atoms with Crippen molar-refractivity contribution in [2.24, 2.45) is 0 Å². The third-order valence-electron chi connectivity index (χ3n) is 5.30. The number of rotatable bonds is 3. The molecule has 0 saturated carbocycles. The van der Waals surface area contributed by atoms with Crippen molar-refractivity contribution in [3.63, 3.8) is 0 Å². The lowest BCUT2D eigenvalue weighted by molar-refractivity contribution is -0.138. The molecule has 2 atom stereocenters. The number of nitrogens with zero attached hydrogens (tertiary/aromatic N) is 4. The molecule has 0 bridgehead atoms. The zero-order valence-corrected chi connectivity index (χ0v) is 14.8. The normalized spacial score (nSPS) is 24.9. The average Bonchev–Trinajstić information content (AvgIpc) is 3.02. The highest BCUT2D eigenvalue weighted by atomic mass is 16.2. The number of carbonyl (C=O) groups excluding carboxylic acids is 2. The van der Waals surface area contributed by atoms with E-state index in [1.807, 2.05) is 27.6 Å². The lowest BCUT2D eigenvalue weighted by Crippen LogP contribution is -2.47. The fourth-order valence-electron chi connectivity index (χ4n) is 3.99. The molecule has 0 aromatic carbocycles. The van der Waals surface area contributed by atoms with Gasteiger partial charge in [0.2, 0.25) is 11.8 Å². The van der Waals surface area contributed by atoms with Crippen LogP contribution in [0, 0.1) is 6.92 Å². The van der Waals surface area contributed by atoms with E-state index in [4.69, 9.17) is 0 Å². The molecule has 24 heavy (non-hydrogen) atoms. The first kappa shape index (κ1) is 17.0. The van der Waals surface area contributed by atoms with Gasteiger partial charge in [-0.25, -0.2) is 0 Å². The Morgan fingerprint density at radius 1 is 1.21 bits per heavy atom. The Labute approximate surface area is 143 Å². The molecule has 0 aliphatic carbocycles. The second-order valence-corrected chi connectivity index (χ2v) is 7.20. The van der Waals surface area contributed by atoms with Gasteiger partial charge in [0.05, 0.1) is 12.2 Å². The van der Waals surface area contributed by atoms with E-state index in [1.54, 1.807) is 6.92 Å². The van der Waals surface area contributed by atoms with Crippen LogP contribution in [0.3, 0.4) is 0 Å². The van der Waals surface area contributed by atoms with E-state index < -0.39 is 0 Å². The summed E-state index contributed by atoms with van der Waals surface area (Å²) in [4.78, 5) is 28.4. The monoisotopic (exact) mass is 332 g/mol. The molecule has 0 unspecified atom stereocenters. The van der Waals surface area contributed by atoms with Crippen LogP contribution in [-0.4, -0.2) is 57.1 Å². The van der Waals surface area contributed by atoms with Crippen LogP contribution in [-0.2, 0) is 9.59 Å². The highest BCUT2D eigenvalue weighted by Crippen LogP contribution is 2.24. The molecule has 3 rings (SSSR count). The van der Waals surface area contributed by atoms with Crippen molar-refractivity contribution in [2.75, 3.05) is 19.6 Å². The van der Waals surface area contributed by atoms with Gasteiger partial charge in [-0.3, -0.25) is 14.3 Å². The van der Waals surface area contributed by atoms with E-state index in [0.717, 1.165) is 57.3 Å². The van der Waals surface area contributed by atoms with E-state index >= 15 is 0 Å². The fraction of sp³-hybridized carbons (Fsp3) is 0.722. The Kier molecular flexibility index (Phi) is 5.21. The van der Waals surface area contributed by atoms with Crippen molar-refractivity contribution in [2.45, 2.75) is 64.5 Å². The first-order valence-corrected chi connectivity index (χ1v) is 9.10. The number of carbonyl (C=O) groups is 2. The summed E-state index contributed by atoms with van der Waals surface area (Å²) >= 11 is 0. The Morgan fingerprint density at radius 2 is 2.04 bits per heavy atom. The van der Waals surface area contributed by atoms with Gasteiger partial charge in [-0.05, 0) is 44.6 Å². The summed E-state index contributed by atoms with van der Waals surface area (Å²) in [6, 6.07) is 0.350. The summed E-state index contributed by atoms with van der Waals surface area (Å²) in [7, 11) is 0. The van der Waals surface area contributed by atoms with Gasteiger partial charge >= 0.3 is 0 Å². The molecule has 2 fully saturated rings. The largest absolute Gasteiger partial charge is 0.340 e. The molecule has 6 heteroatoms. The van der Waals surface area contributed by atoms with Crippen LogP contribution in [0.15, 0.2) is 12.4 Å². The van der Waals surface area contributed by atoms with Crippen molar-refractivity contribution >= 4 is 11.8 Å². The smallest absolute Gasteiger partial charge is 0.224 e. The van der Waals surface area contributed by atoms with E-state index in [9.17, 15) is 9.59 Å². The van der Waals surface area contributed by atoms with Gasteiger partial charge in [0.15, 0.2) is 0 Å². The molecule has 2 amide bonds. The minimum atomic E-state index is 0.0797. The maximum atomic E-state index is 12.8. The highest BCUT2D eigenvalue weighted by Gasteiger charge is 2.30. The molecule has 1 aromatic rings. The molecule has 6 nitrogen and oxygen atoms in total. The summed E-state index contributed by atoms with van der Waals surface area (Å²) in [5, 5.41) is 4.41. The molecule has 0 spiro atoms. The molecule has 1 aromatic heterocycles. The lowest BCUT2D eigenvalue weighted by Gasteiger charge is -2.38. The van der Waals surface area contributed by atoms with E-state index in [1.165, 1.54) is 0 Å². The first-order valence-electron chi connectivity index (χ1n) is 9.10. The molecule has 2 aliphatic heterocycles. The van der Waals surface area contributed by atoms with Crippen molar-refractivity contribution in [1.29, 1.82) is 0 Å². The molecule has 0 radical (unpaired) electrons. The summed E-state index contributed by atoms with van der Waals surface area (Å²) < 4.78 is 2.00. The van der Waals surface area contributed by atoms with Crippen molar-refractivity contribution < 1.29 is 9.59 Å². The van der Waals surface area contributed by atoms with E-state index in [2.05, 4.69) is 11.3 Å². The Bertz CT molecular complexity index is 598. The zero-order valence-electron chi connectivity index (χ0n) is 14.8. The number of hydrogen-bond donors (Lipinski definition) is 0. The van der Waals surface area contributed by atoms with Crippen molar-refractivity contribution in [1.82, 2.24) is 19.6 Å². The third-order valence-corrected chi connectivity index (χ3v) is 5.30. The van der Waals surface area contributed by atoms with E-state index in [0.29, 0.717) is 6.42 Å². The van der Waals surface area contributed by atoms with E-state index in [-0.39, 0.29) is 23.9 Å². The minimum absolute atomic E-state index is 0.0797. The predicted octanol–water partition coefficient (Wildman–Crippen LogP) is 2.15. The van der Waals surface area contributed by atoms with Crippen LogP contribution < -0.4 is 0 Å². The molecular weight excluding hydrogens is 304 g/mol. The highest BCUT2D eigenvalue weighted by molar-refractivity contribution is 5.79. The van der Waals surface area contributed by atoms with Crippen molar-refractivity contribution in [3.8, 4) is 0 Å². The number of hydrogen-bond acceptors (Lipinski definition) is 3. The standard InChI is InChI=1S/C18H28N4O2/c1-14-11-19-22(12-14)17-7-5-8-20(13-17)18(24)10-16-6-3-4-9-21(16)15(2)23/h11-12,16-17H,3-10,13H2,1-2H3/t16-,17-/m0/s1. The maximum Gasteiger partial charge on any atom is 0.224 e. The third kappa shape index (κ3) is 3.79. The predicted molar refractivity (Wildman–Crippen MR) is 91.5 cm³/mol. The van der Waals surface area contributed by atoms with Gasteiger partial charge in [-0.2, -0.15) is 5.10 Å². The molecule has 2 aliphatic rings. The number of piperidine rings is 2. The van der Waals surface area contributed by atoms with Gasteiger partial charge < -0.3 is 9.80 Å². The van der Waals surface area contributed by atoms with Gasteiger partial charge in [0.25, 0.3) is 0 Å². The molecule has 132 valence electrons. The second-order valence-electron chi connectivity index (χ2n) is 7.20. The zero-order chi connectivity index (χ0) is 17.1. The number of likely N-dealkylation sites (tertiary alicyclic amines) is 2. The summed E-state index contributed by atoms with van der Waals surface area (Å²) in [6.45, 7) is 5.99. The molecule has 3 heterocycles. The number of aromatic nitrogens is 2. The Morgan fingerprint density at radius 3 is 2.75 bits per heavy atom. The molecular formula is C18H28N4O2. The maximum absolute atomic E-state index is 12.8. The Hall–Kier alpha value is -1.85. The number of aryl methyl sites for hydroxylation is 1. The summed E-state index contributed by atoms with van der Waals surface area (Å²) in [5.74, 6) is 0.276. The number of amides is 2. The average molecular weight is 332 g/mol. The van der Waals surface area contributed by atoms with Crippen LogP contribution in [0.1, 0.15) is 57.1 Å². The SMILES string of the molecule is CC(=O)N1CCCC[C@H]1CC(=O)N1CCC[C@H](n2cc(C)cn2)C1. The summed E-state index contributed by atoms with van der Waals surface area (Å²) in [6.07, 6.45) is 9.56. The van der Waals surface area contributed by atoms with Crippen LogP contribution >= 0.6 is 0 Å². The van der Waals surface area contributed by atoms with Gasteiger partial charge in [-0.15, -0.1) is 0 Å². The lowest BCUT2D eigenvalue weighted by atomic mass is 9.97. The van der Waals surface area contributed by atoms with Gasteiger partial charge in [-0.1, -0.05) is 0 Å². The van der Waals surface area contributed by atoms with Crippen LogP contribution in [0.5, 0.6) is 0 Å². The van der Waals surface area contributed by atoms with Crippen molar-refractivity contribution in [3.05, 3.63) is 18.0 Å². The first-order chi connectivity index (χ1) is 11.5. The van der Waals surface area contributed by atoms with Gasteiger partial charge in [0.1, 0.15) is 0 Å². The molecule has 0 N–H and O–H groups in total. The Balaban J connectivity index is 1.60. The van der Waals surface area contributed by atoms with Gasteiger partial charge in [0, 0.05) is 45.2 Å². The fourth-order valence-corrected chi connectivity index (χ4v) is 3.99. The quantitative estimate of drug-likeness (QED) is 0.852. The summed E-state index contributed by atoms with van der Waals surface area (Å²) in [5.41, 5.74) is 1.15. The topological polar surface area (TPSA) is 58.4 Å².